The van der Waals surface area contributed by atoms with Crippen molar-refractivity contribution in [3.63, 3.8) is 0 Å². The molecular formula is C12H21NO2. The summed E-state index contributed by atoms with van der Waals surface area (Å²) in [6.07, 6.45) is 4.28. The largest absolute Gasteiger partial charge is 0.377 e. The maximum Gasteiger partial charge on any atom is 0.136 e. The van der Waals surface area contributed by atoms with Crippen molar-refractivity contribution < 1.29 is 9.53 Å². The van der Waals surface area contributed by atoms with Crippen LogP contribution < -0.4 is 0 Å². The lowest BCUT2D eigenvalue weighted by molar-refractivity contribution is -0.124. The fourth-order valence-electron chi connectivity index (χ4n) is 2.82. The molecule has 86 valence electrons. The van der Waals surface area contributed by atoms with E-state index < -0.39 is 0 Å². The van der Waals surface area contributed by atoms with Crippen LogP contribution in [-0.2, 0) is 9.53 Å². The van der Waals surface area contributed by atoms with Crippen molar-refractivity contribution in [1.82, 2.24) is 4.90 Å². The van der Waals surface area contributed by atoms with Crippen LogP contribution in [0.15, 0.2) is 0 Å². The van der Waals surface area contributed by atoms with Crippen molar-refractivity contribution in [2.75, 3.05) is 13.2 Å². The van der Waals surface area contributed by atoms with Gasteiger partial charge in [0.25, 0.3) is 0 Å². The first-order valence-corrected chi connectivity index (χ1v) is 6.06. The van der Waals surface area contributed by atoms with Crippen LogP contribution in [0.4, 0.5) is 0 Å². The number of ether oxygens (including phenoxy) is 1. The highest BCUT2D eigenvalue weighted by Gasteiger charge is 2.39. The summed E-state index contributed by atoms with van der Waals surface area (Å²) >= 11 is 0. The summed E-state index contributed by atoms with van der Waals surface area (Å²) in [5, 5.41) is 0. The van der Waals surface area contributed by atoms with Gasteiger partial charge in [-0.05, 0) is 26.7 Å². The normalized spacial score (nSPS) is 31.5. The average molecular weight is 211 g/mol. The number of hydrogen-bond donors (Lipinski definition) is 0. The molecule has 0 radical (unpaired) electrons. The number of rotatable bonds is 4. The van der Waals surface area contributed by atoms with Crippen LogP contribution in [0, 0.1) is 0 Å². The maximum absolute atomic E-state index is 11.4. The van der Waals surface area contributed by atoms with Crippen LogP contribution in [-0.4, -0.2) is 42.0 Å². The highest BCUT2D eigenvalue weighted by Crippen LogP contribution is 2.33. The molecule has 2 heterocycles. The number of carbonyl (C=O) groups is 1. The second kappa shape index (κ2) is 4.62. The molecule has 0 aromatic heterocycles. The molecule has 3 nitrogen and oxygen atoms in total. The first kappa shape index (κ1) is 11.1. The van der Waals surface area contributed by atoms with E-state index >= 15 is 0 Å². The molecule has 0 aliphatic carbocycles. The van der Waals surface area contributed by atoms with Crippen molar-refractivity contribution >= 4 is 5.78 Å². The minimum atomic E-state index is 0.314. The van der Waals surface area contributed by atoms with Gasteiger partial charge >= 0.3 is 0 Å². The first-order valence-electron chi connectivity index (χ1n) is 6.06. The molecule has 15 heavy (non-hydrogen) atoms. The zero-order valence-electron chi connectivity index (χ0n) is 9.74. The summed E-state index contributed by atoms with van der Waals surface area (Å²) < 4.78 is 5.57. The molecule has 2 bridgehead atoms. The van der Waals surface area contributed by atoms with Crippen LogP contribution in [0.25, 0.3) is 0 Å². The topological polar surface area (TPSA) is 29.5 Å². The standard InChI is InChI=1S/C12H21NO2/c1-9(2)15-6-5-13-10-3-4-11(13)8-12(14)7-10/h9-11H,3-8H2,1-2H3. The predicted molar refractivity (Wildman–Crippen MR) is 58.8 cm³/mol. The fraction of sp³-hybridized carbons (Fsp3) is 0.917. The minimum absolute atomic E-state index is 0.314. The number of ketones is 1. The Kier molecular flexibility index (Phi) is 3.42. The van der Waals surface area contributed by atoms with Crippen LogP contribution in [0.5, 0.6) is 0 Å². The van der Waals surface area contributed by atoms with Crippen LogP contribution in [0.3, 0.4) is 0 Å². The highest BCUT2D eigenvalue weighted by atomic mass is 16.5. The lowest BCUT2D eigenvalue weighted by atomic mass is 10.0. The minimum Gasteiger partial charge on any atom is -0.377 e. The Morgan fingerprint density at radius 1 is 1.33 bits per heavy atom. The van der Waals surface area contributed by atoms with Gasteiger partial charge in [-0.1, -0.05) is 0 Å². The van der Waals surface area contributed by atoms with Crippen molar-refractivity contribution in [2.24, 2.45) is 0 Å². The van der Waals surface area contributed by atoms with E-state index in [1.165, 1.54) is 12.8 Å². The predicted octanol–water partition coefficient (Wildman–Crippen LogP) is 1.61. The van der Waals surface area contributed by atoms with Gasteiger partial charge in [-0.15, -0.1) is 0 Å². The number of Topliss-reactive ketones (excluding diaryl/α,β-unsaturated/α-hetero) is 1. The molecule has 0 aromatic rings. The number of nitrogens with zero attached hydrogens (tertiary/aromatic N) is 1. The molecule has 2 rings (SSSR count). The highest BCUT2D eigenvalue weighted by molar-refractivity contribution is 5.80. The fourth-order valence-corrected chi connectivity index (χ4v) is 2.82. The Bertz CT molecular complexity index is 224. The second-order valence-electron chi connectivity index (χ2n) is 4.99. The van der Waals surface area contributed by atoms with E-state index in [9.17, 15) is 4.79 Å². The van der Waals surface area contributed by atoms with Crippen molar-refractivity contribution in [1.29, 1.82) is 0 Å². The maximum atomic E-state index is 11.4. The Hall–Kier alpha value is -0.410. The van der Waals surface area contributed by atoms with Gasteiger partial charge in [-0.25, -0.2) is 0 Å². The molecule has 2 atom stereocenters. The molecule has 0 aromatic carbocycles. The van der Waals surface area contributed by atoms with Gasteiger partial charge in [-0.3, -0.25) is 9.69 Å². The second-order valence-corrected chi connectivity index (χ2v) is 4.99. The zero-order chi connectivity index (χ0) is 10.8. The summed E-state index contributed by atoms with van der Waals surface area (Å²) in [6.45, 7) is 5.93. The molecule has 2 aliphatic heterocycles. The Morgan fingerprint density at radius 2 is 1.93 bits per heavy atom. The molecule has 2 fully saturated rings. The zero-order valence-corrected chi connectivity index (χ0v) is 9.74. The van der Waals surface area contributed by atoms with Gasteiger partial charge in [0, 0.05) is 31.5 Å². The quantitative estimate of drug-likeness (QED) is 0.707. The van der Waals surface area contributed by atoms with E-state index in [4.69, 9.17) is 4.74 Å². The van der Waals surface area contributed by atoms with Gasteiger partial charge in [0.05, 0.1) is 12.7 Å². The summed E-state index contributed by atoms with van der Waals surface area (Å²) in [5.41, 5.74) is 0. The van der Waals surface area contributed by atoms with E-state index in [0.717, 1.165) is 26.0 Å². The molecule has 3 heteroatoms. The van der Waals surface area contributed by atoms with Crippen LogP contribution in [0.2, 0.25) is 0 Å². The molecule has 0 N–H and O–H groups in total. The van der Waals surface area contributed by atoms with Gasteiger partial charge in [0.15, 0.2) is 0 Å². The Morgan fingerprint density at radius 3 is 2.47 bits per heavy atom. The van der Waals surface area contributed by atoms with Gasteiger partial charge in [-0.2, -0.15) is 0 Å². The number of piperidine rings is 1. The Labute approximate surface area is 91.8 Å². The summed E-state index contributed by atoms with van der Waals surface area (Å²) in [5.74, 6) is 0.462. The monoisotopic (exact) mass is 211 g/mol. The van der Waals surface area contributed by atoms with Crippen molar-refractivity contribution in [3.8, 4) is 0 Å². The first-order chi connectivity index (χ1) is 7.16. The third-order valence-corrected chi connectivity index (χ3v) is 3.50. The van der Waals surface area contributed by atoms with E-state index in [1.54, 1.807) is 0 Å². The molecule has 0 spiro atoms. The van der Waals surface area contributed by atoms with Crippen molar-refractivity contribution in [2.45, 2.75) is 57.7 Å². The summed E-state index contributed by atoms with van der Waals surface area (Å²) in [6, 6.07) is 1.04. The van der Waals surface area contributed by atoms with Gasteiger partial charge < -0.3 is 4.74 Å². The molecular weight excluding hydrogens is 190 g/mol. The number of carbonyl (C=O) groups excluding carboxylic acids is 1. The number of hydrogen-bond acceptors (Lipinski definition) is 3. The van der Waals surface area contributed by atoms with Gasteiger partial charge in [0.2, 0.25) is 0 Å². The lowest BCUT2D eigenvalue weighted by Crippen LogP contribution is -2.44. The van der Waals surface area contributed by atoms with E-state index in [2.05, 4.69) is 18.7 Å². The summed E-state index contributed by atoms with van der Waals surface area (Å²) in [4.78, 5) is 13.9. The molecule has 0 amide bonds. The van der Waals surface area contributed by atoms with E-state index in [-0.39, 0.29) is 0 Å². The van der Waals surface area contributed by atoms with Gasteiger partial charge in [0.1, 0.15) is 5.78 Å². The number of fused-ring (bicyclic) bond motifs is 2. The lowest BCUT2D eigenvalue weighted by Gasteiger charge is -2.33. The van der Waals surface area contributed by atoms with Crippen molar-refractivity contribution in [3.05, 3.63) is 0 Å². The third kappa shape index (κ3) is 2.58. The molecule has 0 saturated carbocycles. The van der Waals surface area contributed by atoms with E-state index in [0.29, 0.717) is 24.0 Å². The average Bonchev–Trinajstić information content (AvgIpc) is 2.42. The van der Waals surface area contributed by atoms with E-state index in [1.807, 2.05) is 0 Å². The van der Waals surface area contributed by atoms with Crippen LogP contribution >= 0.6 is 0 Å². The SMILES string of the molecule is CC(C)OCCN1C2CCC1CC(=O)C2. The molecule has 2 unspecified atom stereocenters. The molecule has 2 aliphatic rings. The van der Waals surface area contributed by atoms with Crippen LogP contribution in [0.1, 0.15) is 39.5 Å². The molecule has 2 saturated heterocycles. The summed E-state index contributed by atoms with van der Waals surface area (Å²) in [7, 11) is 0. The third-order valence-electron chi connectivity index (χ3n) is 3.50. The smallest absolute Gasteiger partial charge is 0.136 e. The Balaban J connectivity index is 1.81.